The molecule has 1 N–H and O–H groups in total. The van der Waals surface area contributed by atoms with Gasteiger partial charge in [-0.15, -0.1) is 0 Å². The summed E-state index contributed by atoms with van der Waals surface area (Å²) >= 11 is 0. The molecule has 102 valence electrons. The molecule has 2 aromatic rings. The van der Waals surface area contributed by atoms with Crippen molar-refractivity contribution in [1.29, 1.82) is 0 Å². The van der Waals surface area contributed by atoms with Crippen LogP contribution in [0.5, 0.6) is 0 Å². The maximum Gasteiger partial charge on any atom is 0.273 e. The first-order valence-corrected chi connectivity index (χ1v) is 6.01. The van der Waals surface area contributed by atoms with E-state index in [-0.39, 0.29) is 18.0 Å². The Morgan fingerprint density at radius 1 is 1.30 bits per heavy atom. The van der Waals surface area contributed by atoms with E-state index in [0.717, 1.165) is 5.56 Å². The van der Waals surface area contributed by atoms with Crippen molar-refractivity contribution in [2.75, 3.05) is 5.32 Å². The van der Waals surface area contributed by atoms with E-state index in [9.17, 15) is 14.9 Å². The van der Waals surface area contributed by atoms with Gasteiger partial charge < -0.3 is 5.32 Å². The number of nitro groups is 1. The van der Waals surface area contributed by atoms with Crippen LogP contribution in [0.2, 0.25) is 0 Å². The van der Waals surface area contributed by atoms with Crippen molar-refractivity contribution in [3.63, 3.8) is 0 Å². The van der Waals surface area contributed by atoms with Crippen molar-refractivity contribution >= 4 is 17.4 Å². The van der Waals surface area contributed by atoms with Gasteiger partial charge in [-0.2, -0.15) is 0 Å². The summed E-state index contributed by atoms with van der Waals surface area (Å²) in [5, 5.41) is 13.5. The zero-order valence-electron chi connectivity index (χ0n) is 10.9. The van der Waals surface area contributed by atoms with Crippen LogP contribution < -0.4 is 5.32 Å². The van der Waals surface area contributed by atoms with Gasteiger partial charge in [-0.1, -0.05) is 24.3 Å². The number of anilines is 1. The Morgan fingerprint density at radius 3 is 2.75 bits per heavy atom. The summed E-state index contributed by atoms with van der Waals surface area (Å²) in [7, 11) is 0. The topological polar surface area (TPSA) is 85.1 Å². The van der Waals surface area contributed by atoms with Gasteiger partial charge in [0.2, 0.25) is 5.91 Å². The second-order valence-corrected chi connectivity index (χ2v) is 4.28. The molecule has 0 unspecified atom stereocenters. The molecule has 1 aromatic carbocycles. The van der Waals surface area contributed by atoms with Crippen molar-refractivity contribution in [1.82, 2.24) is 4.98 Å². The molecule has 0 saturated carbocycles. The highest BCUT2D eigenvalue weighted by Crippen LogP contribution is 2.19. The maximum absolute atomic E-state index is 11.9. The van der Waals surface area contributed by atoms with Crippen molar-refractivity contribution < 1.29 is 9.72 Å². The van der Waals surface area contributed by atoms with Gasteiger partial charge in [-0.3, -0.25) is 14.9 Å². The number of nitrogens with zero attached hydrogens (tertiary/aromatic N) is 2. The third-order valence-electron chi connectivity index (χ3n) is 2.81. The van der Waals surface area contributed by atoms with Gasteiger partial charge in [0.25, 0.3) is 5.69 Å². The largest absolute Gasteiger partial charge is 0.310 e. The van der Waals surface area contributed by atoms with Gasteiger partial charge in [0.15, 0.2) is 0 Å². The fourth-order valence-electron chi connectivity index (χ4n) is 1.80. The molecular formula is C14H13N3O3. The van der Waals surface area contributed by atoms with Crippen LogP contribution in [0.15, 0.2) is 42.6 Å². The molecular weight excluding hydrogens is 258 g/mol. The summed E-state index contributed by atoms with van der Waals surface area (Å²) < 4.78 is 0. The second-order valence-electron chi connectivity index (χ2n) is 4.28. The lowest BCUT2D eigenvalue weighted by atomic mass is 10.1. The van der Waals surface area contributed by atoms with E-state index in [1.54, 1.807) is 30.5 Å². The minimum Gasteiger partial charge on any atom is -0.310 e. The first-order valence-electron chi connectivity index (χ1n) is 6.01. The first-order chi connectivity index (χ1) is 9.58. The van der Waals surface area contributed by atoms with Crippen LogP contribution in [0, 0.1) is 17.0 Å². The van der Waals surface area contributed by atoms with Crippen LogP contribution in [0.25, 0.3) is 0 Å². The summed E-state index contributed by atoms with van der Waals surface area (Å²) in [6.07, 6.45) is 1.51. The Labute approximate surface area is 115 Å². The highest BCUT2D eigenvalue weighted by atomic mass is 16.6. The summed E-state index contributed by atoms with van der Waals surface area (Å²) in [5.41, 5.74) is 1.16. The van der Waals surface area contributed by atoms with Crippen molar-refractivity contribution in [2.45, 2.75) is 13.3 Å². The fourth-order valence-corrected chi connectivity index (χ4v) is 1.80. The SMILES string of the molecule is Cc1cccnc1NC(=O)Cc1ccccc1[N+](=O)[O-]. The van der Waals surface area contributed by atoms with E-state index in [2.05, 4.69) is 10.3 Å². The molecule has 1 heterocycles. The number of amides is 1. The van der Waals surface area contributed by atoms with E-state index in [0.29, 0.717) is 11.4 Å². The molecule has 1 aromatic heterocycles. The Balaban J connectivity index is 2.13. The van der Waals surface area contributed by atoms with Crippen molar-refractivity contribution in [3.05, 3.63) is 63.8 Å². The average Bonchev–Trinajstić information content (AvgIpc) is 2.41. The number of nitro benzene ring substituents is 1. The second kappa shape index (κ2) is 5.92. The van der Waals surface area contributed by atoms with Gasteiger partial charge in [0, 0.05) is 17.8 Å². The van der Waals surface area contributed by atoms with E-state index in [1.807, 2.05) is 13.0 Å². The van der Waals surface area contributed by atoms with E-state index in [4.69, 9.17) is 0 Å². The zero-order chi connectivity index (χ0) is 14.5. The minimum absolute atomic E-state index is 0.0552. The molecule has 0 radical (unpaired) electrons. The molecule has 0 spiro atoms. The number of aryl methyl sites for hydroxylation is 1. The van der Waals surface area contributed by atoms with Crippen LogP contribution in [0.1, 0.15) is 11.1 Å². The van der Waals surface area contributed by atoms with Gasteiger partial charge in [-0.25, -0.2) is 4.98 Å². The van der Waals surface area contributed by atoms with E-state index < -0.39 is 4.92 Å². The number of pyridine rings is 1. The predicted octanol–water partition coefficient (Wildman–Crippen LogP) is 2.48. The number of carbonyl (C=O) groups excluding carboxylic acids is 1. The third-order valence-corrected chi connectivity index (χ3v) is 2.81. The fraction of sp³-hybridized carbons (Fsp3) is 0.143. The number of hydrogen-bond acceptors (Lipinski definition) is 4. The Hall–Kier alpha value is -2.76. The molecule has 1 amide bonds. The normalized spacial score (nSPS) is 10.1. The summed E-state index contributed by atoms with van der Waals surface area (Å²) in [6, 6.07) is 9.79. The molecule has 0 aliphatic heterocycles. The molecule has 0 bridgehead atoms. The number of para-hydroxylation sites is 1. The molecule has 20 heavy (non-hydrogen) atoms. The first kappa shape index (κ1) is 13.7. The standard InChI is InChI=1S/C14H13N3O3/c1-10-5-4-8-15-14(10)16-13(18)9-11-6-2-3-7-12(11)17(19)20/h2-8H,9H2,1H3,(H,15,16,18). The quantitative estimate of drug-likeness (QED) is 0.683. The van der Waals surface area contributed by atoms with E-state index in [1.165, 1.54) is 6.07 Å². The highest BCUT2D eigenvalue weighted by molar-refractivity contribution is 5.92. The summed E-state index contributed by atoms with van der Waals surface area (Å²) in [5.74, 6) is 0.136. The average molecular weight is 271 g/mol. The highest BCUT2D eigenvalue weighted by Gasteiger charge is 2.16. The maximum atomic E-state index is 11.9. The van der Waals surface area contributed by atoms with Crippen LogP contribution in [-0.4, -0.2) is 15.8 Å². The predicted molar refractivity (Wildman–Crippen MR) is 74.4 cm³/mol. The van der Waals surface area contributed by atoms with Gasteiger partial charge in [-0.05, 0) is 18.6 Å². The molecule has 6 heteroatoms. The van der Waals surface area contributed by atoms with Gasteiger partial charge in [0.05, 0.1) is 11.3 Å². The van der Waals surface area contributed by atoms with Crippen LogP contribution in [-0.2, 0) is 11.2 Å². The van der Waals surface area contributed by atoms with E-state index >= 15 is 0 Å². The van der Waals surface area contributed by atoms with Crippen LogP contribution in [0.3, 0.4) is 0 Å². The van der Waals surface area contributed by atoms with Gasteiger partial charge in [0.1, 0.15) is 5.82 Å². The van der Waals surface area contributed by atoms with Crippen LogP contribution >= 0.6 is 0 Å². The molecule has 0 fully saturated rings. The number of hydrogen-bond donors (Lipinski definition) is 1. The molecule has 6 nitrogen and oxygen atoms in total. The van der Waals surface area contributed by atoms with Crippen molar-refractivity contribution in [3.8, 4) is 0 Å². The lowest BCUT2D eigenvalue weighted by Gasteiger charge is -2.07. The van der Waals surface area contributed by atoms with Gasteiger partial charge >= 0.3 is 0 Å². The number of nitrogens with one attached hydrogen (secondary N) is 1. The third kappa shape index (κ3) is 3.17. The number of benzene rings is 1. The molecule has 0 aliphatic rings. The zero-order valence-corrected chi connectivity index (χ0v) is 10.9. The monoisotopic (exact) mass is 271 g/mol. The van der Waals surface area contributed by atoms with Crippen LogP contribution in [0.4, 0.5) is 11.5 Å². The smallest absolute Gasteiger partial charge is 0.273 e. The molecule has 2 rings (SSSR count). The summed E-state index contributed by atoms with van der Waals surface area (Å²) in [4.78, 5) is 26.4. The number of carbonyl (C=O) groups is 1. The molecule has 0 atom stereocenters. The molecule has 0 saturated heterocycles. The van der Waals surface area contributed by atoms with Crippen molar-refractivity contribution in [2.24, 2.45) is 0 Å². The number of aromatic nitrogens is 1. The minimum atomic E-state index is -0.491. The summed E-state index contributed by atoms with van der Waals surface area (Å²) in [6.45, 7) is 1.83. The lowest BCUT2D eigenvalue weighted by Crippen LogP contribution is -2.16. The Bertz CT molecular complexity index is 656. The Kier molecular flexibility index (Phi) is 4.05. The molecule has 0 aliphatic carbocycles. The Morgan fingerprint density at radius 2 is 2.05 bits per heavy atom. The lowest BCUT2D eigenvalue weighted by molar-refractivity contribution is -0.385. The number of rotatable bonds is 4.